The zero-order chi connectivity index (χ0) is 15.0. The van der Waals surface area contributed by atoms with E-state index in [2.05, 4.69) is 26.0 Å². The number of benzene rings is 1. The molecule has 3 rings (SSSR count). The summed E-state index contributed by atoms with van der Waals surface area (Å²) in [5.41, 5.74) is 1.36. The van der Waals surface area contributed by atoms with E-state index in [1.165, 1.54) is 0 Å². The van der Waals surface area contributed by atoms with Crippen molar-refractivity contribution in [3.63, 3.8) is 0 Å². The zero-order valence-corrected chi connectivity index (χ0v) is 12.8. The first kappa shape index (κ1) is 14.4. The normalized spacial score (nSPS) is 28.1. The van der Waals surface area contributed by atoms with E-state index in [1.54, 1.807) is 0 Å². The summed E-state index contributed by atoms with van der Waals surface area (Å²) in [4.78, 5) is 11.5. The minimum Gasteiger partial charge on any atom is -0.490 e. The molecule has 2 fully saturated rings. The molecule has 1 aromatic carbocycles. The van der Waals surface area contributed by atoms with Crippen molar-refractivity contribution < 1.29 is 14.6 Å². The van der Waals surface area contributed by atoms with E-state index in [1.807, 2.05) is 12.1 Å². The molecule has 0 heterocycles. The minimum atomic E-state index is -0.659. The van der Waals surface area contributed by atoms with Crippen LogP contribution in [0.5, 0.6) is 5.75 Å². The molecule has 0 amide bonds. The highest BCUT2D eigenvalue weighted by atomic mass is 16.5. The third-order valence-corrected chi connectivity index (χ3v) is 4.84. The number of carboxylic acids is 1. The first-order valence-electron chi connectivity index (χ1n) is 7.94. The number of carbonyl (C=O) groups is 1. The molecule has 21 heavy (non-hydrogen) atoms. The fourth-order valence-electron chi connectivity index (χ4n) is 3.40. The topological polar surface area (TPSA) is 46.5 Å². The fourth-order valence-corrected chi connectivity index (χ4v) is 3.40. The van der Waals surface area contributed by atoms with E-state index >= 15 is 0 Å². The summed E-state index contributed by atoms with van der Waals surface area (Å²) >= 11 is 0. The van der Waals surface area contributed by atoms with Gasteiger partial charge < -0.3 is 9.84 Å². The fraction of sp³-hybridized carbons (Fsp3) is 0.611. The van der Waals surface area contributed by atoms with Crippen LogP contribution in [0.4, 0.5) is 0 Å². The van der Waals surface area contributed by atoms with Crippen molar-refractivity contribution in [2.75, 3.05) is 0 Å². The van der Waals surface area contributed by atoms with Crippen molar-refractivity contribution in [1.29, 1.82) is 0 Å². The van der Waals surface area contributed by atoms with E-state index < -0.39 is 5.97 Å². The Morgan fingerprint density at radius 1 is 1.19 bits per heavy atom. The van der Waals surface area contributed by atoms with Gasteiger partial charge in [-0.15, -0.1) is 0 Å². The van der Waals surface area contributed by atoms with Crippen LogP contribution >= 0.6 is 0 Å². The van der Waals surface area contributed by atoms with Gasteiger partial charge >= 0.3 is 5.97 Å². The maximum absolute atomic E-state index is 11.5. The van der Waals surface area contributed by atoms with Crippen LogP contribution in [0.1, 0.15) is 57.4 Å². The average molecular weight is 288 g/mol. The molecule has 114 valence electrons. The Morgan fingerprint density at radius 3 is 2.43 bits per heavy atom. The van der Waals surface area contributed by atoms with Gasteiger partial charge in [0.15, 0.2) is 0 Å². The Kier molecular flexibility index (Phi) is 3.68. The summed E-state index contributed by atoms with van der Waals surface area (Å²) in [5, 5.41) is 9.50. The second-order valence-corrected chi connectivity index (χ2v) is 7.34. The van der Waals surface area contributed by atoms with Gasteiger partial charge in [0.25, 0.3) is 0 Å². The van der Waals surface area contributed by atoms with E-state index in [4.69, 9.17) is 4.74 Å². The molecular formula is C18H24O3. The molecule has 0 aliphatic heterocycles. The maximum atomic E-state index is 11.5. The SMILES string of the molecule is CC1(C)CCC(C(=O)O)C(c2ccc(OC3CC3)cc2)C1. The molecular weight excluding hydrogens is 264 g/mol. The van der Waals surface area contributed by atoms with Crippen molar-refractivity contribution >= 4 is 5.97 Å². The van der Waals surface area contributed by atoms with Crippen LogP contribution in [-0.4, -0.2) is 17.2 Å². The smallest absolute Gasteiger partial charge is 0.307 e. The van der Waals surface area contributed by atoms with Crippen molar-refractivity contribution in [2.45, 2.75) is 58.0 Å². The monoisotopic (exact) mass is 288 g/mol. The molecule has 0 saturated heterocycles. The summed E-state index contributed by atoms with van der Waals surface area (Å²) in [7, 11) is 0. The molecule has 2 aliphatic carbocycles. The minimum absolute atomic E-state index is 0.112. The lowest BCUT2D eigenvalue weighted by molar-refractivity contribution is -0.144. The second-order valence-electron chi connectivity index (χ2n) is 7.34. The van der Waals surface area contributed by atoms with Crippen LogP contribution in [0.15, 0.2) is 24.3 Å². The lowest BCUT2D eigenvalue weighted by Crippen LogP contribution is -2.32. The molecule has 1 aromatic rings. The molecule has 0 bridgehead atoms. The summed E-state index contributed by atoms with van der Waals surface area (Å²) < 4.78 is 5.77. The van der Waals surface area contributed by atoms with Crippen LogP contribution in [-0.2, 0) is 4.79 Å². The van der Waals surface area contributed by atoms with Crippen LogP contribution in [0.25, 0.3) is 0 Å². The Hall–Kier alpha value is -1.51. The first-order chi connectivity index (χ1) is 9.94. The lowest BCUT2D eigenvalue weighted by Gasteiger charge is -2.39. The predicted molar refractivity (Wildman–Crippen MR) is 81.6 cm³/mol. The number of ether oxygens (including phenoxy) is 1. The Morgan fingerprint density at radius 2 is 1.86 bits per heavy atom. The molecule has 2 atom stereocenters. The zero-order valence-electron chi connectivity index (χ0n) is 12.8. The molecule has 2 unspecified atom stereocenters. The van der Waals surface area contributed by atoms with Crippen LogP contribution in [0, 0.1) is 11.3 Å². The number of hydrogen-bond acceptors (Lipinski definition) is 2. The van der Waals surface area contributed by atoms with Crippen molar-refractivity contribution in [1.82, 2.24) is 0 Å². The Bertz CT molecular complexity index is 514. The van der Waals surface area contributed by atoms with Gasteiger partial charge in [-0.05, 0) is 61.1 Å². The van der Waals surface area contributed by atoms with Crippen LogP contribution in [0.3, 0.4) is 0 Å². The predicted octanol–water partition coefficient (Wildman–Crippen LogP) is 4.22. The largest absolute Gasteiger partial charge is 0.490 e. The van der Waals surface area contributed by atoms with Crippen molar-refractivity contribution in [3.05, 3.63) is 29.8 Å². The third kappa shape index (κ3) is 3.39. The first-order valence-corrected chi connectivity index (χ1v) is 7.94. The standard InChI is InChI=1S/C18H24O3/c1-18(2)10-9-15(17(19)20)16(11-18)12-3-5-13(6-4-12)21-14-7-8-14/h3-6,14-16H,7-11H2,1-2H3,(H,19,20). The van der Waals surface area contributed by atoms with Crippen molar-refractivity contribution in [2.24, 2.45) is 11.3 Å². The molecule has 0 spiro atoms. The summed E-state index contributed by atoms with van der Waals surface area (Å²) in [6, 6.07) is 8.10. The Labute approximate surface area is 126 Å². The average Bonchev–Trinajstić information content (AvgIpc) is 3.22. The van der Waals surface area contributed by atoms with Gasteiger partial charge in [-0.3, -0.25) is 4.79 Å². The second kappa shape index (κ2) is 5.36. The van der Waals surface area contributed by atoms with Gasteiger partial charge in [-0.2, -0.15) is 0 Å². The van der Waals surface area contributed by atoms with Gasteiger partial charge in [-0.1, -0.05) is 26.0 Å². The number of aliphatic carboxylic acids is 1. The molecule has 3 heteroatoms. The highest BCUT2D eigenvalue weighted by Crippen LogP contribution is 2.47. The van der Waals surface area contributed by atoms with E-state index in [9.17, 15) is 9.90 Å². The Balaban J connectivity index is 1.78. The maximum Gasteiger partial charge on any atom is 0.307 e. The van der Waals surface area contributed by atoms with Crippen LogP contribution in [0.2, 0.25) is 0 Å². The lowest BCUT2D eigenvalue weighted by atomic mass is 9.65. The van der Waals surface area contributed by atoms with Gasteiger partial charge in [0, 0.05) is 0 Å². The summed E-state index contributed by atoms with van der Waals surface area (Å²) in [5.74, 6) is 0.103. The number of carboxylic acid groups (broad SMARTS) is 1. The molecule has 3 nitrogen and oxygen atoms in total. The summed E-state index contributed by atoms with van der Waals surface area (Å²) in [6.45, 7) is 4.48. The third-order valence-electron chi connectivity index (χ3n) is 4.84. The van der Waals surface area contributed by atoms with E-state index in [0.717, 1.165) is 43.4 Å². The molecule has 2 saturated carbocycles. The van der Waals surface area contributed by atoms with Gasteiger partial charge in [0.1, 0.15) is 5.75 Å². The quantitative estimate of drug-likeness (QED) is 0.902. The highest BCUT2D eigenvalue weighted by molar-refractivity contribution is 5.71. The molecule has 0 radical (unpaired) electrons. The van der Waals surface area contributed by atoms with E-state index in [0.29, 0.717) is 6.10 Å². The molecule has 2 aliphatic rings. The van der Waals surface area contributed by atoms with Crippen LogP contribution < -0.4 is 4.74 Å². The van der Waals surface area contributed by atoms with E-state index in [-0.39, 0.29) is 17.3 Å². The number of hydrogen-bond donors (Lipinski definition) is 1. The summed E-state index contributed by atoms with van der Waals surface area (Å²) in [6.07, 6.45) is 5.40. The molecule has 1 N–H and O–H groups in total. The van der Waals surface area contributed by atoms with Gasteiger partial charge in [0.05, 0.1) is 12.0 Å². The van der Waals surface area contributed by atoms with Gasteiger partial charge in [0.2, 0.25) is 0 Å². The number of rotatable bonds is 4. The highest BCUT2D eigenvalue weighted by Gasteiger charge is 2.39. The van der Waals surface area contributed by atoms with Gasteiger partial charge in [-0.25, -0.2) is 0 Å². The van der Waals surface area contributed by atoms with Crippen molar-refractivity contribution in [3.8, 4) is 5.75 Å². The molecule has 0 aromatic heterocycles.